The number of hydrogen-bond donors (Lipinski definition) is 0. The van der Waals surface area contributed by atoms with E-state index in [9.17, 15) is 4.79 Å². The standard InChI is InChI=1S/C28H30N2O2S/c31-27-25-14-5-6-15-26(25)33-28(30(27)19-18-29-16-7-2-8-17-29)23-12-9-13-24(20-23)32-21-22-10-3-1-4-11-22/h1,3-6,9-15,20,28H,2,7-8,16-19,21H2. The second-order valence-electron chi connectivity index (χ2n) is 8.71. The van der Waals surface area contributed by atoms with Gasteiger partial charge >= 0.3 is 0 Å². The maximum absolute atomic E-state index is 13.5. The van der Waals surface area contributed by atoms with Crippen molar-refractivity contribution in [1.82, 2.24) is 9.80 Å². The monoisotopic (exact) mass is 458 g/mol. The lowest BCUT2D eigenvalue weighted by Crippen LogP contribution is -2.43. The second kappa shape index (κ2) is 10.4. The molecule has 0 radical (unpaired) electrons. The van der Waals surface area contributed by atoms with Gasteiger partial charge in [-0.3, -0.25) is 4.79 Å². The maximum Gasteiger partial charge on any atom is 0.256 e. The van der Waals surface area contributed by atoms with E-state index >= 15 is 0 Å². The molecule has 1 saturated heterocycles. The van der Waals surface area contributed by atoms with Crippen LogP contribution in [-0.4, -0.2) is 41.9 Å². The highest BCUT2D eigenvalue weighted by Crippen LogP contribution is 2.45. The first kappa shape index (κ1) is 22.1. The van der Waals surface area contributed by atoms with E-state index in [1.54, 1.807) is 11.8 Å². The average molecular weight is 459 g/mol. The third kappa shape index (κ3) is 5.26. The number of thioether (sulfide) groups is 1. The average Bonchev–Trinajstić information content (AvgIpc) is 2.88. The van der Waals surface area contributed by atoms with Crippen LogP contribution in [0.1, 0.15) is 46.1 Å². The van der Waals surface area contributed by atoms with E-state index < -0.39 is 0 Å². The van der Waals surface area contributed by atoms with Crippen LogP contribution < -0.4 is 4.74 Å². The fourth-order valence-electron chi connectivity index (χ4n) is 4.59. The summed E-state index contributed by atoms with van der Waals surface area (Å²) in [6.07, 6.45) is 3.84. The van der Waals surface area contributed by atoms with Crippen molar-refractivity contribution in [3.8, 4) is 5.75 Å². The Morgan fingerprint density at radius 3 is 2.48 bits per heavy atom. The first-order valence-corrected chi connectivity index (χ1v) is 12.7. The van der Waals surface area contributed by atoms with E-state index in [1.807, 2.05) is 48.5 Å². The van der Waals surface area contributed by atoms with E-state index in [-0.39, 0.29) is 11.3 Å². The van der Waals surface area contributed by atoms with E-state index in [4.69, 9.17) is 4.74 Å². The molecule has 33 heavy (non-hydrogen) atoms. The number of fused-ring (bicyclic) bond motifs is 1. The van der Waals surface area contributed by atoms with Crippen molar-refractivity contribution in [2.75, 3.05) is 26.2 Å². The highest BCUT2D eigenvalue weighted by atomic mass is 32.2. The predicted octanol–water partition coefficient (Wildman–Crippen LogP) is 6.00. The van der Waals surface area contributed by atoms with Crippen molar-refractivity contribution in [3.63, 3.8) is 0 Å². The second-order valence-corrected chi connectivity index (χ2v) is 9.84. The van der Waals surface area contributed by atoms with Gasteiger partial charge in [0.15, 0.2) is 0 Å². The molecule has 170 valence electrons. The molecule has 0 saturated carbocycles. The maximum atomic E-state index is 13.5. The lowest BCUT2D eigenvalue weighted by atomic mass is 10.1. The van der Waals surface area contributed by atoms with E-state index in [0.29, 0.717) is 6.61 Å². The minimum atomic E-state index is -0.0579. The molecule has 0 aliphatic carbocycles. The first-order valence-electron chi connectivity index (χ1n) is 11.8. The Labute approximate surface area is 200 Å². The van der Waals surface area contributed by atoms with Crippen LogP contribution in [0.25, 0.3) is 0 Å². The van der Waals surface area contributed by atoms with Crippen LogP contribution in [0.15, 0.2) is 83.8 Å². The zero-order chi connectivity index (χ0) is 22.5. The molecule has 3 aromatic rings. The van der Waals surface area contributed by atoms with Gasteiger partial charge in [0.1, 0.15) is 17.7 Å². The fourth-order valence-corrected chi connectivity index (χ4v) is 5.88. The molecule has 0 bridgehead atoms. The van der Waals surface area contributed by atoms with Gasteiger partial charge in [0.25, 0.3) is 5.91 Å². The van der Waals surface area contributed by atoms with Gasteiger partial charge in [0, 0.05) is 18.0 Å². The van der Waals surface area contributed by atoms with Crippen molar-refractivity contribution in [3.05, 3.63) is 95.6 Å². The molecule has 1 amide bonds. The third-order valence-corrected chi connectivity index (χ3v) is 7.76. The van der Waals surface area contributed by atoms with Crippen molar-refractivity contribution in [2.24, 2.45) is 0 Å². The molecule has 2 aliphatic rings. The lowest BCUT2D eigenvalue weighted by molar-refractivity contribution is 0.0697. The summed E-state index contributed by atoms with van der Waals surface area (Å²) >= 11 is 1.76. The van der Waals surface area contributed by atoms with Gasteiger partial charge in [0.2, 0.25) is 0 Å². The number of ether oxygens (including phenoxy) is 1. The molecular formula is C28H30N2O2S. The number of carbonyl (C=O) groups is 1. The zero-order valence-electron chi connectivity index (χ0n) is 18.9. The molecule has 0 spiro atoms. The smallest absolute Gasteiger partial charge is 0.256 e. The summed E-state index contributed by atoms with van der Waals surface area (Å²) in [6.45, 7) is 4.47. The summed E-state index contributed by atoms with van der Waals surface area (Å²) in [5, 5.41) is -0.0579. The number of nitrogens with zero attached hydrogens (tertiary/aromatic N) is 2. The summed E-state index contributed by atoms with van der Waals surface area (Å²) in [7, 11) is 0. The number of amides is 1. The van der Waals surface area contributed by atoms with Crippen LogP contribution in [0.3, 0.4) is 0 Å². The molecule has 3 aromatic carbocycles. The molecule has 0 aromatic heterocycles. The number of likely N-dealkylation sites (tertiary alicyclic amines) is 1. The molecule has 5 rings (SSSR count). The van der Waals surface area contributed by atoms with Gasteiger partial charge in [-0.05, 0) is 61.3 Å². The number of hydrogen-bond acceptors (Lipinski definition) is 4. The Morgan fingerprint density at radius 2 is 1.64 bits per heavy atom. The number of piperidine rings is 1. The predicted molar refractivity (Wildman–Crippen MR) is 134 cm³/mol. The fraction of sp³-hybridized carbons (Fsp3) is 0.321. The van der Waals surface area contributed by atoms with Gasteiger partial charge in [-0.15, -0.1) is 0 Å². The van der Waals surface area contributed by atoms with Gasteiger partial charge < -0.3 is 14.5 Å². The van der Waals surface area contributed by atoms with Crippen LogP contribution >= 0.6 is 11.8 Å². The molecule has 5 heteroatoms. The number of carbonyl (C=O) groups excluding carboxylic acids is 1. The lowest BCUT2D eigenvalue weighted by Gasteiger charge is -2.38. The molecule has 0 N–H and O–H groups in total. The molecule has 2 heterocycles. The largest absolute Gasteiger partial charge is 0.489 e. The van der Waals surface area contributed by atoms with Crippen LogP contribution in [0.4, 0.5) is 0 Å². The van der Waals surface area contributed by atoms with Crippen LogP contribution in [0.2, 0.25) is 0 Å². The van der Waals surface area contributed by atoms with Crippen molar-refractivity contribution >= 4 is 17.7 Å². The highest BCUT2D eigenvalue weighted by Gasteiger charge is 2.34. The summed E-state index contributed by atoms with van der Waals surface area (Å²) < 4.78 is 6.09. The SMILES string of the molecule is O=C1c2ccccc2SC(c2cccc(OCc3ccccc3)c2)N1CCN1CCCCC1. The van der Waals surface area contributed by atoms with Crippen molar-refractivity contribution < 1.29 is 9.53 Å². The van der Waals surface area contributed by atoms with Crippen LogP contribution in [0, 0.1) is 0 Å². The Kier molecular flexibility index (Phi) is 6.98. The molecular weight excluding hydrogens is 428 g/mol. The van der Waals surface area contributed by atoms with Crippen molar-refractivity contribution in [1.29, 1.82) is 0 Å². The van der Waals surface area contributed by atoms with E-state index in [1.165, 1.54) is 19.3 Å². The number of rotatable bonds is 7. The van der Waals surface area contributed by atoms with Gasteiger partial charge in [0.05, 0.1) is 5.56 Å². The summed E-state index contributed by atoms with van der Waals surface area (Å²) in [4.78, 5) is 19.1. The summed E-state index contributed by atoms with van der Waals surface area (Å²) in [5.41, 5.74) is 3.06. The van der Waals surface area contributed by atoms with Crippen LogP contribution in [0.5, 0.6) is 5.75 Å². The Hall–Kier alpha value is -2.76. The summed E-state index contributed by atoms with van der Waals surface area (Å²) in [5.74, 6) is 0.959. The van der Waals surface area contributed by atoms with E-state index in [0.717, 1.165) is 53.5 Å². The minimum absolute atomic E-state index is 0.0579. The third-order valence-electron chi connectivity index (χ3n) is 6.40. The molecule has 1 atom stereocenters. The molecule has 2 aliphatic heterocycles. The van der Waals surface area contributed by atoms with Gasteiger partial charge in [-0.25, -0.2) is 0 Å². The minimum Gasteiger partial charge on any atom is -0.489 e. The van der Waals surface area contributed by atoms with Crippen LogP contribution in [-0.2, 0) is 6.61 Å². The molecule has 4 nitrogen and oxygen atoms in total. The van der Waals surface area contributed by atoms with E-state index in [2.05, 4.69) is 40.1 Å². The molecule has 1 unspecified atom stereocenters. The van der Waals surface area contributed by atoms with Gasteiger partial charge in [-0.2, -0.15) is 0 Å². The van der Waals surface area contributed by atoms with Gasteiger partial charge in [-0.1, -0.05) is 72.8 Å². The Bertz CT molecular complexity index is 1080. The van der Waals surface area contributed by atoms with Crippen molar-refractivity contribution in [2.45, 2.75) is 36.1 Å². The number of benzene rings is 3. The first-order chi connectivity index (χ1) is 16.3. The zero-order valence-corrected chi connectivity index (χ0v) is 19.7. The Balaban J connectivity index is 1.37. The normalized spacial score (nSPS) is 18.7. The highest BCUT2D eigenvalue weighted by molar-refractivity contribution is 7.99. The quantitative estimate of drug-likeness (QED) is 0.435. The topological polar surface area (TPSA) is 32.8 Å². The molecule has 1 fully saturated rings. The summed E-state index contributed by atoms with van der Waals surface area (Å²) in [6, 6.07) is 26.4. The Morgan fingerprint density at radius 1 is 0.848 bits per heavy atom.